The second-order valence-corrected chi connectivity index (χ2v) is 7.20. The molecule has 1 amide bonds. The molecule has 0 saturated carbocycles. The standard InChI is InChI=1S/C16H28FNO5/c1-15(2,3)23-14(19)18-6-4-16(17,5-7-18)12-21-11-13-10-20-8-9-22-13/h13H,4-12H2,1-3H3/t13-/m0/s1. The molecule has 2 saturated heterocycles. The number of rotatable bonds is 4. The molecular formula is C16H28FNO5. The van der Waals surface area contributed by atoms with Gasteiger partial charge in [-0.05, 0) is 20.8 Å². The molecule has 2 fully saturated rings. The lowest BCUT2D eigenvalue weighted by atomic mass is 9.94. The smallest absolute Gasteiger partial charge is 0.410 e. The summed E-state index contributed by atoms with van der Waals surface area (Å²) in [4.78, 5) is 13.5. The van der Waals surface area contributed by atoms with Crippen LogP contribution in [-0.2, 0) is 18.9 Å². The van der Waals surface area contributed by atoms with Gasteiger partial charge >= 0.3 is 6.09 Å². The van der Waals surface area contributed by atoms with Gasteiger partial charge in [0.05, 0.1) is 33.0 Å². The summed E-state index contributed by atoms with van der Waals surface area (Å²) in [6.07, 6.45) is 0.0186. The van der Waals surface area contributed by atoms with Crippen LogP contribution in [-0.4, -0.2) is 74.5 Å². The zero-order chi connectivity index (χ0) is 16.9. The van der Waals surface area contributed by atoms with Crippen LogP contribution in [0.3, 0.4) is 0 Å². The molecule has 0 unspecified atom stereocenters. The molecule has 7 heteroatoms. The molecule has 1 atom stereocenters. The Morgan fingerprint density at radius 2 is 2.00 bits per heavy atom. The monoisotopic (exact) mass is 333 g/mol. The van der Waals surface area contributed by atoms with Crippen molar-refractivity contribution in [2.45, 2.75) is 51.0 Å². The SMILES string of the molecule is CC(C)(C)OC(=O)N1CCC(F)(COC[C@@H]2COCCO2)CC1. The molecule has 0 aliphatic carbocycles. The van der Waals surface area contributed by atoms with Crippen LogP contribution in [0.5, 0.6) is 0 Å². The maximum absolute atomic E-state index is 14.7. The van der Waals surface area contributed by atoms with Gasteiger partial charge in [-0.1, -0.05) is 0 Å². The van der Waals surface area contributed by atoms with Gasteiger partial charge in [0.1, 0.15) is 17.4 Å². The van der Waals surface area contributed by atoms with E-state index < -0.39 is 11.3 Å². The van der Waals surface area contributed by atoms with E-state index in [1.165, 1.54) is 0 Å². The molecule has 0 aromatic rings. The highest BCUT2D eigenvalue weighted by molar-refractivity contribution is 5.68. The lowest BCUT2D eigenvalue weighted by Crippen LogP contribution is -2.48. The van der Waals surface area contributed by atoms with Crippen molar-refractivity contribution < 1.29 is 28.1 Å². The fourth-order valence-electron chi connectivity index (χ4n) is 2.57. The number of alkyl halides is 1. The fourth-order valence-corrected chi connectivity index (χ4v) is 2.57. The first kappa shape index (κ1) is 18.4. The van der Waals surface area contributed by atoms with Gasteiger partial charge in [0, 0.05) is 25.9 Å². The van der Waals surface area contributed by atoms with E-state index in [9.17, 15) is 9.18 Å². The predicted octanol–water partition coefficient (Wildman–Crippen LogP) is 2.16. The van der Waals surface area contributed by atoms with E-state index in [2.05, 4.69) is 0 Å². The van der Waals surface area contributed by atoms with Crippen LogP contribution in [0.15, 0.2) is 0 Å². The van der Waals surface area contributed by atoms with E-state index in [0.29, 0.717) is 39.5 Å². The second-order valence-electron chi connectivity index (χ2n) is 7.20. The van der Waals surface area contributed by atoms with Gasteiger partial charge in [0.2, 0.25) is 0 Å². The molecule has 2 aliphatic heterocycles. The molecule has 0 aromatic heterocycles. The Bertz CT molecular complexity index is 384. The van der Waals surface area contributed by atoms with Gasteiger partial charge in [-0.15, -0.1) is 0 Å². The third-order valence-corrected chi connectivity index (χ3v) is 3.86. The topological polar surface area (TPSA) is 57.2 Å². The van der Waals surface area contributed by atoms with Crippen LogP contribution in [0.2, 0.25) is 0 Å². The van der Waals surface area contributed by atoms with Crippen molar-refractivity contribution in [3.8, 4) is 0 Å². The van der Waals surface area contributed by atoms with Crippen molar-refractivity contribution in [1.82, 2.24) is 4.90 Å². The largest absolute Gasteiger partial charge is 0.444 e. The zero-order valence-electron chi connectivity index (χ0n) is 14.3. The molecule has 2 aliphatic rings. The Morgan fingerprint density at radius 3 is 2.57 bits per heavy atom. The summed E-state index contributed by atoms with van der Waals surface area (Å²) >= 11 is 0. The highest BCUT2D eigenvalue weighted by Gasteiger charge is 2.37. The van der Waals surface area contributed by atoms with Crippen molar-refractivity contribution in [3.05, 3.63) is 0 Å². The summed E-state index contributed by atoms with van der Waals surface area (Å²) in [5.74, 6) is 0. The van der Waals surface area contributed by atoms with Crippen molar-refractivity contribution in [3.63, 3.8) is 0 Å². The minimum atomic E-state index is -1.39. The van der Waals surface area contributed by atoms with Crippen LogP contribution in [0.1, 0.15) is 33.6 Å². The van der Waals surface area contributed by atoms with E-state index in [1.54, 1.807) is 4.90 Å². The normalized spacial score (nSPS) is 25.2. The number of carbonyl (C=O) groups excluding carboxylic acids is 1. The first-order chi connectivity index (χ1) is 10.8. The molecule has 0 spiro atoms. The van der Waals surface area contributed by atoms with Crippen molar-refractivity contribution >= 4 is 6.09 Å². The third kappa shape index (κ3) is 6.24. The van der Waals surface area contributed by atoms with E-state index in [4.69, 9.17) is 18.9 Å². The highest BCUT2D eigenvalue weighted by Crippen LogP contribution is 2.28. The van der Waals surface area contributed by atoms with Gasteiger partial charge in [0.25, 0.3) is 0 Å². The van der Waals surface area contributed by atoms with Crippen LogP contribution >= 0.6 is 0 Å². The maximum atomic E-state index is 14.7. The van der Waals surface area contributed by atoms with Crippen molar-refractivity contribution in [2.75, 3.05) is 46.1 Å². The van der Waals surface area contributed by atoms with E-state index in [1.807, 2.05) is 20.8 Å². The molecule has 0 bridgehead atoms. The lowest BCUT2D eigenvalue weighted by molar-refractivity contribution is -0.126. The molecule has 2 rings (SSSR count). The van der Waals surface area contributed by atoms with Gasteiger partial charge < -0.3 is 23.8 Å². The van der Waals surface area contributed by atoms with Crippen LogP contribution in [0.25, 0.3) is 0 Å². The van der Waals surface area contributed by atoms with Crippen LogP contribution < -0.4 is 0 Å². The minimum absolute atomic E-state index is 0.0228. The van der Waals surface area contributed by atoms with E-state index in [0.717, 1.165) is 0 Å². The summed E-state index contributed by atoms with van der Waals surface area (Å²) in [7, 11) is 0. The quantitative estimate of drug-likeness (QED) is 0.789. The molecule has 134 valence electrons. The molecule has 6 nitrogen and oxygen atoms in total. The number of amides is 1. The molecule has 0 radical (unpaired) electrons. The number of likely N-dealkylation sites (tertiary alicyclic amines) is 1. The Kier molecular flexibility index (Phi) is 6.22. The molecule has 0 N–H and O–H groups in total. The summed E-state index contributed by atoms with van der Waals surface area (Å²) < 4.78 is 36.2. The van der Waals surface area contributed by atoms with E-state index >= 15 is 0 Å². The van der Waals surface area contributed by atoms with Crippen LogP contribution in [0, 0.1) is 0 Å². The number of hydrogen-bond donors (Lipinski definition) is 0. The number of ether oxygens (including phenoxy) is 4. The van der Waals surface area contributed by atoms with Crippen molar-refractivity contribution in [2.24, 2.45) is 0 Å². The second kappa shape index (κ2) is 7.77. The Morgan fingerprint density at radius 1 is 1.30 bits per heavy atom. The summed E-state index contributed by atoms with van der Waals surface area (Å²) in [5, 5.41) is 0. The lowest BCUT2D eigenvalue weighted by Gasteiger charge is -2.37. The first-order valence-corrected chi connectivity index (χ1v) is 8.21. The third-order valence-electron chi connectivity index (χ3n) is 3.86. The minimum Gasteiger partial charge on any atom is -0.444 e. The number of nitrogens with zero attached hydrogens (tertiary/aromatic N) is 1. The Labute approximate surface area is 137 Å². The van der Waals surface area contributed by atoms with Gasteiger partial charge in [-0.3, -0.25) is 0 Å². The number of carbonyl (C=O) groups is 1. The highest BCUT2D eigenvalue weighted by atomic mass is 19.1. The van der Waals surface area contributed by atoms with Crippen molar-refractivity contribution in [1.29, 1.82) is 0 Å². The predicted molar refractivity (Wildman–Crippen MR) is 82.3 cm³/mol. The van der Waals surface area contributed by atoms with E-state index in [-0.39, 0.29) is 31.6 Å². The summed E-state index contributed by atoms with van der Waals surface area (Å²) in [6.45, 7) is 8.15. The average Bonchev–Trinajstić information content (AvgIpc) is 2.47. The Balaban J connectivity index is 1.68. The fraction of sp³-hybridized carbons (Fsp3) is 0.938. The van der Waals surface area contributed by atoms with Crippen LogP contribution in [0.4, 0.5) is 9.18 Å². The molecule has 0 aromatic carbocycles. The summed E-state index contributed by atoms with van der Waals surface area (Å²) in [6, 6.07) is 0. The summed E-state index contributed by atoms with van der Waals surface area (Å²) in [5.41, 5.74) is -1.93. The number of halogens is 1. The molecule has 23 heavy (non-hydrogen) atoms. The Hall–Kier alpha value is -0.920. The van der Waals surface area contributed by atoms with Gasteiger partial charge in [-0.25, -0.2) is 9.18 Å². The molecular weight excluding hydrogens is 305 g/mol. The number of piperidine rings is 1. The number of hydrogen-bond acceptors (Lipinski definition) is 5. The van der Waals surface area contributed by atoms with Gasteiger partial charge in [0.15, 0.2) is 0 Å². The first-order valence-electron chi connectivity index (χ1n) is 8.21. The van der Waals surface area contributed by atoms with Gasteiger partial charge in [-0.2, -0.15) is 0 Å². The average molecular weight is 333 g/mol. The maximum Gasteiger partial charge on any atom is 0.410 e. The molecule has 2 heterocycles. The zero-order valence-corrected chi connectivity index (χ0v) is 14.3.